The number of nitrogens with two attached hydrogens (primary N) is 1. The average Bonchev–Trinajstić information content (AvgIpc) is 2.91. The normalized spacial score (nSPS) is 15.6. The molecular formula is C13H15N3O2S2. The highest BCUT2D eigenvalue weighted by atomic mass is 32.2. The van der Waals surface area contributed by atoms with Crippen molar-refractivity contribution in [2.45, 2.75) is 12.2 Å². The van der Waals surface area contributed by atoms with E-state index in [0.717, 1.165) is 16.7 Å². The van der Waals surface area contributed by atoms with Gasteiger partial charge in [0.05, 0.1) is 23.0 Å². The fourth-order valence-electron chi connectivity index (χ4n) is 1.63. The number of amides is 2. The van der Waals surface area contributed by atoms with E-state index >= 15 is 0 Å². The van der Waals surface area contributed by atoms with E-state index in [9.17, 15) is 9.59 Å². The van der Waals surface area contributed by atoms with Crippen molar-refractivity contribution in [2.75, 3.05) is 17.6 Å². The molecule has 0 saturated carbocycles. The third-order valence-electron chi connectivity index (χ3n) is 2.65. The summed E-state index contributed by atoms with van der Waals surface area (Å²) >= 11 is 3.09. The zero-order chi connectivity index (χ0) is 14.5. The fourth-order valence-corrected chi connectivity index (χ4v) is 3.76. The van der Waals surface area contributed by atoms with Crippen molar-refractivity contribution < 1.29 is 9.59 Å². The Hall–Kier alpha value is -1.47. The lowest BCUT2D eigenvalue weighted by atomic mass is 10.1. The molecule has 1 aliphatic rings. The SMILES string of the molecule is CC(SC1=NCCS1)C(=O)Nc1ccccc1C(N)=O. The van der Waals surface area contributed by atoms with Crippen LogP contribution in [0.1, 0.15) is 17.3 Å². The first kappa shape index (κ1) is 14.9. The van der Waals surface area contributed by atoms with Gasteiger partial charge in [-0.3, -0.25) is 14.6 Å². The van der Waals surface area contributed by atoms with Gasteiger partial charge >= 0.3 is 0 Å². The molecule has 1 atom stereocenters. The maximum Gasteiger partial charge on any atom is 0.250 e. The predicted octanol–water partition coefficient (Wildman–Crippen LogP) is 1.95. The second-order valence-electron chi connectivity index (χ2n) is 4.16. The van der Waals surface area contributed by atoms with Crippen molar-refractivity contribution in [2.24, 2.45) is 10.7 Å². The van der Waals surface area contributed by atoms with Crippen molar-refractivity contribution in [3.8, 4) is 0 Å². The zero-order valence-electron chi connectivity index (χ0n) is 11.0. The number of thioether (sulfide) groups is 2. The highest BCUT2D eigenvalue weighted by Crippen LogP contribution is 2.26. The lowest BCUT2D eigenvalue weighted by Gasteiger charge is -2.13. The quantitative estimate of drug-likeness (QED) is 0.890. The van der Waals surface area contributed by atoms with E-state index < -0.39 is 5.91 Å². The largest absolute Gasteiger partial charge is 0.366 e. The molecule has 3 N–H and O–H groups in total. The minimum absolute atomic E-state index is 0.168. The van der Waals surface area contributed by atoms with Gasteiger partial charge in [-0.2, -0.15) is 0 Å². The standard InChI is InChI=1S/C13H15N3O2S2/c1-8(20-13-15-6-7-19-13)12(18)16-10-5-3-2-4-9(10)11(14)17/h2-5,8H,6-7H2,1H3,(H2,14,17)(H,16,18). The van der Waals surface area contributed by atoms with Gasteiger partial charge in [-0.15, -0.1) is 0 Å². The van der Waals surface area contributed by atoms with Crippen LogP contribution >= 0.6 is 23.5 Å². The van der Waals surface area contributed by atoms with E-state index in [1.807, 2.05) is 6.92 Å². The molecule has 0 fully saturated rings. The number of anilines is 1. The summed E-state index contributed by atoms with van der Waals surface area (Å²) in [6.07, 6.45) is 0. The first-order valence-electron chi connectivity index (χ1n) is 6.11. The number of nitrogens with zero attached hydrogens (tertiary/aromatic N) is 1. The van der Waals surface area contributed by atoms with Crippen LogP contribution in [0.5, 0.6) is 0 Å². The highest BCUT2D eigenvalue weighted by molar-refractivity contribution is 8.39. The molecule has 1 aliphatic heterocycles. The number of carbonyl (C=O) groups is 2. The molecule has 2 rings (SSSR count). The summed E-state index contributed by atoms with van der Waals surface area (Å²) in [5.74, 6) is 0.247. The van der Waals surface area contributed by atoms with Gasteiger partial charge in [-0.1, -0.05) is 35.7 Å². The maximum atomic E-state index is 12.1. The first-order chi connectivity index (χ1) is 9.58. The fraction of sp³-hybridized carbons (Fsp3) is 0.308. The summed E-state index contributed by atoms with van der Waals surface area (Å²) in [4.78, 5) is 27.7. The molecule has 0 saturated heterocycles. The molecule has 0 spiro atoms. The minimum Gasteiger partial charge on any atom is -0.366 e. The van der Waals surface area contributed by atoms with Crippen LogP contribution in [0.2, 0.25) is 0 Å². The highest BCUT2D eigenvalue weighted by Gasteiger charge is 2.20. The van der Waals surface area contributed by atoms with E-state index in [1.54, 1.807) is 36.0 Å². The number of primary amides is 1. The van der Waals surface area contributed by atoms with Crippen LogP contribution in [-0.4, -0.2) is 33.7 Å². The van der Waals surface area contributed by atoms with E-state index in [2.05, 4.69) is 10.3 Å². The molecule has 7 heteroatoms. The molecule has 5 nitrogen and oxygen atoms in total. The van der Waals surface area contributed by atoms with Gasteiger partial charge in [0.1, 0.15) is 4.38 Å². The minimum atomic E-state index is -0.558. The molecule has 2 amide bonds. The zero-order valence-corrected chi connectivity index (χ0v) is 12.6. The Bertz CT molecular complexity index is 560. The Balaban J connectivity index is 2.02. The van der Waals surface area contributed by atoms with Gasteiger partial charge in [0.25, 0.3) is 5.91 Å². The number of hydrogen-bond donors (Lipinski definition) is 2. The Morgan fingerprint density at radius 1 is 1.45 bits per heavy atom. The third kappa shape index (κ3) is 3.77. The van der Waals surface area contributed by atoms with Crippen LogP contribution in [0.4, 0.5) is 5.69 Å². The van der Waals surface area contributed by atoms with Crippen molar-refractivity contribution >= 4 is 45.4 Å². The second-order valence-corrected chi connectivity index (χ2v) is 6.83. The molecule has 0 radical (unpaired) electrons. The summed E-state index contributed by atoms with van der Waals surface area (Å²) in [6, 6.07) is 6.71. The molecular weight excluding hydrogens is 294 g/mol. The molecule has 1 heterocycles. The lowest BCUT2D eigenvalue weighted by molar-refractivity contribution is -0.115. The number of aliphatic imine (C=N–C) groups is 1. The monoisotopic (exact) mass is 309 g/mol. The van der Waals surface area contributed by atoms with Crippen LogP contribution in [0.15, 0.2) is 29.3 Å². The van der Waals surface area contributed by atoms with Crippen LogP contribution in [-0.2, 0) is 4.79 Å². The van der Waals surface area contributed by atoms with Crippen molar-refractivity contribution in [1.82, 2.24) is 0 Å². The molecule has 0 aromatic heterocycles. The summed E-state index contributed by atoms with van der Waals surface area (Å²) in [7, 11) is 0. The number of carbonyl (C=O) groups excluding carboxylic acids is 2. The lowest BCUT2D eigenvalue weighted by Crippen LogP contribution is -2.25. The Labute approximate surface area is 125 Å². The Kier molecular flexibility index (Phi) is 5.08. The van der Waals surface area contributed by atoms with Gasteiger partial charge in [-0.05, 0) is 19.1 Å². The van der Waals surface area contributed by atoms with Crippen molar-refractivity contribution in [3.63, 3.8) is 0 Å². The van der Waals surface area contributed by atoms with Gasteiger partial charge in [0.15, 0.2) is 0 Å². The van der Waals surface area contributed by atoms with Gasteiger partial charge < -0.3 is 11.1 Å². The summed E-state index contributed by atoms with van der Waals surface area (Å²) < 4.78 is 0.941. The van der Waals surface area contributed by atoms with E-state index in [4.69, 9.17) is 5.73 Å². The molecule has 1 aromatic rings. The number of rotatable bonds is 4. The predicted molar refractivity (Wildman–Crippen MR) is 85.4 cm³/mol. The smallest absolute Gasteiger partial charge is 0.250 e. The van der Waals surface area contributed by atoms with Crippen molar-refractivity contribution in [3.05, 3.63) is 29.8 Å². The van der Waals surface area contributed by atoms with E-state index in [-0.39, 0.29) is 11.2 Å². The van der Waals surface area contributed by atoms with Gasteiger partial charge in [-0.25, -0.2) is 0 Å². The maximum absolute atomic E-state index is 12.1. The summed E-state index contributed by atoms with van der Waals surface area (Å²) in [6.45, 7) is 2.63. The molecule has 20 heavy (non-hydrogen) atoms. The number of para-hydroxylation sites is 1. The summed E-state index contributed by atoms with van der Waals surface area (Å²) in [5, 5.41) is 2.46. The molecule has 0 aliphatic carbocycles. The van der Waals surface area contributed by atoms with Crippen LogP contribution in [0.25, 0.3) is 0 Å². The topological polar surface area (TPSA) is 84.6 Å². The number of hydrogen-bond acceptors (Lipinski definition) is 5. The van der Waals surface area contributed by atoms with E-state index in [1.165, 1.54) is 11.8 Å². The Morgan fingerprint density at radius 3 is 2.85 bits per heavy atom. The van der Waals surface area contributed by atoms with Crippen LogP contribution < -0.4 is 11.1 Å². The molecule has 1 aromatic carbocycles. The van der Waals surface area contributed by atoms with Crippen molar-refractivity contribution in [1.29, 1.82) is 0 Å². The van der Waals surface area contributed by atoms with Gasteiger partial charge in [0.2, 0.25) is 5.91 Å². The van der Waals surface area contributed by atoms with E-state index in [0.29, 0.717) is 11.3 Å². The summed E-state index contributed by atoms with van der Waals surface area (Å²) in [5.41, 5.74) is 6.03. The van der Waals surface area contributed by atoms with Crippen LogP contribution in [0.3, 0.4) is 0 Å². The molecule has 106 valence electrons. The average molecular weight is 309 g/mol. The number of nitrogens with one attached hydrogen (secondary N) is 1. The molecule has 1 unspecified atom stereocenters. The van der Waals surface area contributed by atoms with Gasteiger partial charge in [0, 0.05) is 5.75 Å². The van der Waals surface area contributed by atoms with Crippen LogP contribution in [0, 0.1) is 0 Å². The second kappa shape index (κ2) is 6.81. The molecule has 0 bridgehead atoms. The Morgan fingerprint density at radius 2 is 2.20 bits per heavy atom. The first-order valence-corrected chi connectivity index (χ1v) is 7.98. The number of benzene rings is 1. The third-order valence-corrected chi connectivity index (χ3v) is 4.96.